The molecule has 0 unspecified atom stereocenters. The van der Waals surface area contributed by atoms with E-state index in [0.717, 1.165) is 111 Å². The molecule has 12 rings (SSSR count). The molecule has 0 aliphatic heterocycles. The second-order valence-corrected chi connectivity index (χ2v) is 20.7. The SMILES string of the molecule is CC(C)(C)c1ccc(N(c2ccccc2)c2ccc(-c3ccc4c(c3)oc3cc5cc6oc7cc(-c8ccc(N(c9ccccc9)c9ccc(C(C)(C)C)cc9)cc8)ccc7c6cc5cc34)cc2)cc1. The first-order chi connectivity index (χ1) is 33.9. The Morgan fingerprint density at radius 3 is 0.929 bits per heavy atom. The van der Waals surface area contributed by atoms with Crippen LogP contribution in [0.5, 0.6) is 0 Å². The summed E-state index contributed by atoms with van der Waals surface area (Å²) in [7, 11) is 0. The van der Waals surface area contributed by atoms with Gasteiger partial charge in [-0.1, -0.05) is 139 Å². The zero-order valence-corrected chi connectivity index (χ0v) is 40.5. The highest BCUT2D eigenvalue weighted by Gasteiger charge is 2.20. The molecule has 0 spiro atoms. The highest BCUT2D eigenvalue weighted by Crippen LogP contribution is 2.42. The summed E-state index contributed by atoms with van der Waals surface area (Å²) in [5.74, 6) is 0. The maximum Gasteiger partial charge on any atom is 0.136 e. The summed E-state index contributed by atoms with van der Waals surface area (Å²) in [6.07, 6.45) is 0. The van der Waals surface area contributed by atoms with Crippen LogP contribution in [-0.2, 0) is 10.8 Å². The first kappa shape index (κ1) is 43.0. The summed E-state index contributed by atoms with van der Waals surface area (Å²) in [6, 6.07) is 78.7. The Bertz CT molecular complexity index is 3600. The third kappa shape index (κ3) is 7.86. The zero-order chi connectivity index (χ0) is 47.7. The Hall–Kier alpha value is -8.34. The second kappa shape index (κ2) is 16.7. The monoisotopic (exact) mass is 906 g/mol. The van der Waals surface area contributed by atoms with Crippen molar-refractivity contribution in [3.05, 3.63) is 230 Å². The van der Waals surface area contributed by atoms with Crippen LogP contribution >= 0.6 is 0 Å². The van der Waals surface area contributed by atoms with E-state index in [1.165, 1.54) is 11.1 Å². The van der Waals surface area contributed by atoms with Crippen LogP contribution in [0.15, 0.2) is 227 Å². The third-order valence-corrected chi connectivity index (χ3v) is 14.0. The molecule has 0 saturated heterocycles. The van der Waals surface area contributed by atoms with Gasteiger partial charge < -0.3 is 18.6 Å². The van der Waals surface area contributed by atoms with Crippen molar-refractivity contribution in [1.82, 2.24) is 0 Å². The van der Waals surface area contributed by atoms with Gasteiger partial charge in [-0.25, -0.2) is 0 Å². The van der Waals surface area contributed by atoms with Crippen molar-refractivity contribution < 1.29 is 8.83 Å². The van der Waals surface area contributed by atoms with Gasteiger partial charge in [-0.05, 0) is 176 Å². The number of para-hydroxylation sites is 2. The molecule has 12 aromatic rings. The van der Waals surface area contributed by atoms with E-state index in [-0.39, 0.29) is 10.8 Å². The van der Waals surface area contributed by atoms with Gasteiger partial charge in [0.15, 0.2) is 0 Å². The number of hydrogen-bond acceptors (Lipinski definition) is 4. The smallest absolute Gasteiger partial charge is 0.136 e. The number of rotatable bonds is 8. The molecular weight excluding hydrogens is 853 g/mol. The molecule has 0 radical (unpaired) electrons. The van der Waals surface area contributed by atoms with E-state index in [9.17, 15) is 0 Å². The van der Waals surface area contributed by atoms with E-state index < -0.39 is 0 Å². The minimum Gasteiger partial charge on any atom is -0.456 e. The fraction of sp³-hybridized carbons (Fsp3) is 0.121. The van der Waals surface area contributed by atoms with Gasteiger partial charge in [-0.15, -0.1) is 0 Å². The molecule has 0 bridgehead atoms. The van der Waals surface area contributed by atoms with Crippen LogP contribution in [0.25, 0.3) is 76.9 Å². The molecule has 2 heterocycles. The number of anilines is 6. The van der Waals surface area contributed by atoms with Gasteiger partial charge in [-0.3, -0.25) is 0 Å². The van der Waals surface area contributed by atoms with Crippen LogP contribution in [-0.4, -0.2) is 0 Å². The normalized spacial score (nSPS) is 12.1. The lowest BCUT2D eigenvalue weighted by atomic mass is 9.87. The average Bonchev–Trinajstić information content (AvgIpc) is 3.92. The van der Waals surface area contributed by atoms with Gasteiger partial charge in [0, 0.05) is 55.7 Å². The standard InChI is InChI=1S/C66H54N2O2/c1-65(2,3)49-23-31-55(32-24-49)67(51-13-9-7-10-14-51)53-27-17-43(18-28-53)45-21-35-57-59-37-47-38-60-58-36-22-46(40-62(58)70-64(60)42-48(47)41-63(59)69-61(57)39-45)44-19-29-54(30-20-44)68(52-15-11-8-12-16-52)56-33-25-50(26-34-56)66(4,5)6/h7-42H,1-6H3. The van der Waals surface area contributed by atoms with E-state index >= 15 is 0 Å². The molecule has 0 N–H and O–H groups in total. The van der Waals surface area contributed by atoms with Crippen molar-refractivity contribution >= 4 is 88.8 Å². The Morgan fingerprint density at radius 2 is 0.571 bits per heavy atom. The van der Waals surface area contributed by atoms with Crippen LogP contribution in [0.4, 0.5) is 34.1 Å². The van der Waals surface area contributed by atoms with E-state index in [2.05, 4.69) is 270 Å². The summed E-state index contributed by atoms with van der Waals surface area (Å²) in [6.45, 7) is 13.5. The number of hydrogen-bond donors (Lipinski definition) is 0. The Balaban J connectivity index is 0.825. The van der Waals surface area contributed by atoms with Crippen LogP contribution in [0.3, 0.4) is 0 Å². The minimum absolute atomic E-state index is 0.0885. The van der Waals surface area contributed by atoms with Crippen molar-refractivity contribution in [2.24, 2.45) is 0 Å². The van der Waals surface area contributed by atoms with Gasteiger partial charge in [0.25, 0.3) is 0 Å². The zero-order valence-electron chi connectivity index (χ0n) is 40.5. The molecule has 0 saturated carbocycles. The van der Waals surface area contributed by atoms with E-state index in [0.29, 0.717) is 0 Å². The fourth-order valence-corrected chi connectivity index (χ4v) is 10.0. The highest BCUT2D eigenvalue weighted by atomic mass is 16.3. The molecular formula is C66H54N2O2. The van der Waals surface area contributed by atoms with E-state index in [1.807, 2.05) is 0 Å². The van der Waals surface area contributed by atoms with E-state index in [1.54, 1.807) is 0 Å². The molecule has 2 aromatic heterocycles. The highest BCUT2D eigenvalue weighted by molar-refractivity contribution is 6.15. The van der Waals surface area contributed by atoms with Crippen LogP contribution in [0, 0.1) is 0 Å². The van der Waals surface area contributed by atoms with Gasteiger partial charge in [0.2, 0.25) is 0 Å². The molecule has 0 fully saturated rings. The Kier molecular flexibility index (Phi) is 10.3. The quantitative estimate of drug-likeness (QED) is 0.152. The molecule has 4 heteroatoms. The predicted octanol–water partition coefficient (Wildman–Crippen LogP) is 19.5. The fourth-order valence-electron chi connectivity index (χ4n) is 10.0. The summed E-state index contributed by atoms with van der Waals surface area (Å²) in [4.78, 5) is 4.63. The number of fused-ring (bicyclic) bond motifs is 7. The van der Waals surface area contributed by atoms with Crippen molar-refractivity contribution in [2.75, 3.05) is 9.80 Å². The Morgan fingerprint density at radius 1 is 0.271 bits per heavy atom. The van der Waals surface area contributed by atoms with Crippen LogP contribution < -0.4 is 9.80 Å². The first-order valence-electron chi connectivity index (χ1n) is 24.3. The van der Waals surface area contributed by atoms with Crippen molar-refractivity contribution in [2.45, 2.75) is 52.4 Å². The van der Waals surface area contributed by atoms with Gasteiger partial charge >= 0.3 is 0 Å². The first-order valence-corrected chi connectivity index (χ1v) is 24.3. The lowest BCUT2D eigenvalue weighted by Crippen LogP contribution is -2.13. The molecule has 70 heavy (non-hydrogen) atoms. The molecule has 4 nitrogen and oxygen atoms in total. The second-order valence-electron chi connectivity index (χ2n) is 20.7. The van der Waals surface area contributed by atoms with Crippen molar-refractivity contribution in [3.8, 4) is 22.3 Å². The minimum atomic E-state index is 0.0885. The number of furan rings is 2. The van der Waals surface area contributed by atoms with Crippen molar-refractivity contribution in [3.63, 3.8) is 0 Å². The number of benzene rings is 10. The largest absolute Gasteiger partial charge is 0.456 e. The maximum absolute atomic E-state index is 6.62. The molecule has 0 amide bonds. The average molecular weight is 907 g/mol. The predicted molar refractivity (Wildman–Crippen MR) is 296 cm³/mol. The van der Waals surface area contributed by atoms with Crippen LogP contribution in [0.1, 0.15) is 52.7 Å². The molecule has 10 aromatic carbocycles. The topological polar surface area (TPSA) is 32.8 Å². The third-order valence-electron chi connectivity index (χ3n) is 14.0. The number of nitrogens with zero attached hydrogens (tertiary/aromatic N) is 2. The summed E-state index contributed by atoms with van der Waals surface area (Å²) in [5, 5.41) is 6.64. The molecule has 340 valence electrons. The summed E-state index contributed by atoms with van der Waals surface area (Å²) < 4.78 is 13.2. The lowest BCUT2D eigenvalue weighted by Gasteiger charge is -2.27. The summed E-state index contributed by atoms with van der Waals surface area (Å²) in [5.41, 5.74) is 17.4. The molecule has 0 aliphatic carbocycles. The molecule has 0 atom stereocenters. The van der Waals surface area contributed by atoms with Gasteiger partial charge in [0.1, 0.15) is 22.3 Å². The lowest BCUT2D eigenvalue weighted by molar-refractivity contribution is 0.590. The summed E-state index contributed by atoms with van der Waals surface area (Å²) >= 11 is 0. The molecule has 0 aliphatic rings. The maximum atomic E-state index is 6.62. The van der Waals surface area contributed by atoms with Gasteiger partial charge in [-0.2, -0.15) is 0 Å². The van der Waals surface area contributed by atoms with Crippen molar-refractivity contribution in [1.29, 1.82) is 0 Å². The van der Waals surface area contributed by atoms with E-state index in [4.69, 9.17) is 8.83 Å². The Labute approximate surface area is 409 Å². The van der Waals surface area contributed by atoms with Crippen LogP contribution in [0.2, 0.25) is 0 Å². The van der Waals surface area contributed by atoms with Gasteiger partial charge in [0.05, 0.1) is 0 Å².